The molecule has 1 aromatic carbocycles. The molecule has 1 saturated heterocycles. The van der Waals surface area contributed by atoms with Gasteiger partial charge in [-0.05, 0) is 48.4 Å². The van der Waals surface area contributed by atoms with Gasteiger partial charge in [0.05, 0.1) is 18.8 Å². The van der Waals surface area contributed by atoms with Gasteiger partial charge in [-0.3, -0.25) is 14.5 Å². The van der Waals surface area contributed by atoms with E-state index in [9.17, 15) is 9.59 Å². The fourth-order valence-electron chi connectivity index (χ4n) is 3.35. The van der Waals surface area contributed by atoms with Crippen LogP contribution < -0.4 is 10.6 Å². The highest BCUT2D eigenvalue weighted by Gasteiger charge is 2.18. The van der Waals surface area contributed by atoms with Crippen LogP contribution in [0.25, 0.3) is 0 Å². The molecule has 0 bridgehead atoms. The summed E-state index contributed by atoms with van der Waals surface area (Å²) in [5.41, 5.74) is 2.28. The van der Waals surface area contributed by atoms with Gasteiger partial charge in [-0.2, -0.15) is 0 Å². The van der Waals surface area contributed by atoms with Crippen LogP contribution in [0.4, 0.5) is 5.00 Å². The molecule has 0 radical (unpaired) electrons. The number of nitrogens with zero attached hydrogens (tertiary/aromatic N) is 1. The summed E-state index contributed by atoms with van der Waals surface area (Å²) >= 11 is 1.36. The predicted octanol–water partition coefficient (Wildman–Crippen LogP) is 3.96. The van der Waals surface area contributed by atoms with Crippen LogP contribution in [-0.4, -0.2) is 55.6 Å². The zero-order valence-corrected chi connectivity index (χ0v) is 18.8. The molecule has 1 unspecified atom stereocenters. The number of amides is 2. The van der Waals surface area contributed by atoms with Crippen molar-refractivity contribution in [3.8, 4) is 0 Å². The number of benzene rings is 1. The summed E-state index contributed by atoms with van der Waals surface area (Å²) < 4.78 is 5.37. The Kier molecular flexibility index (Phi) is 8.01. The largest absolute Gasteiger partial charge is 0.379 e. The van der Waals surface area contributed by atoms with Gasteiger partial charge in [0.15, 0.2) is 0 Å². The second-order valence-corrected chi connectivity index (χ2v) is 8.93. The van der Waals surface area contributed by atoms with Crippen LogP contribution in [0.2, 0.25) is 0 Å². The van der Waals surface area contributed by atoms with Crippen molar-refractivity contribution in [1.29, 1.82) is 0 Å². The molecule has 6 nitrogen and oxygen atoms in total. The fourth-order valence-corrected chi connectivity index (χ4v) is 4.13. The molecule has 162 valence electrons. The van der Waals surface area contributed by atoms with E-state index in [1.807, 2.05) is 36.6 Å². The third-order valence-corrected chi connectivity index (χ3v) is 6.17. The Bertz CT molecular complexity index is 842. The van der Waals surface area contributed by atoms with E-state index in [1.165, 1.54) is 16.9 Å². The lowest BCUT2D eigenvalue weighted by Crippen LogP contribution is -2.40. The summed E-state index contributed by atoms with van der Waals surface area (Å²) in [7, 11) is 0. The summed E-state index contributed by atoms with van der Waals surface area (Å²) in [5, 5.41) is 8.34. The van der Waals surface area contributed by atoms with E-state index in [1.54, 1.807) is 6.07 Å². The minimum Gasteiger partial charge on any atom is -0.379 e. The van der Waals surface area contributed by atoms with Crippen LogP contribution in [0, 0.1) is 0 Å². The van der Waals surface area contributed by atoms with Crippen molar-refractivity contribution >= 4 is 28.2 Å². The minimum atomic E-state index is -0.206. The summed E-state index contributed by atoms with van der Waals surface area (Å²) in [6.07, 6.45) is 0.875. The Morgan fingerprint density at radius 2 is 1.77 bits per heavy atom. The molecule has 2 heterocycles. The number of morpholine rings is 1. The molecule has 7 heteroatoms. The number of ether oxygens (including phenoxy) is 1. The van der Waals surface area contributed by atoms with E-state index in [0.717, 1.165) is 39.3 Å². The number of nitrogens with one attached hydrogen (secondary N) is 2. The molecule has 0 spiro atoms. The molecule has 3 rings (SSSR count). The Balaban J connectivity index is 1.54. The SMILES string of the molecule is CC(CCN1CCOCC1)NC(=O)c1ccsc1NC(=O)c1ccc(C(C)C)cc1. The van der Waals surface area contributed by atoms with E-state index in [2.05, 4.69) is 29.4 Å². The van der Waals surface area contributed by atoms with Crippen LogP contribution >= 0.6 is 11.3 Å². The molecule has 0 aliphatic carbocycles. The Hall–Kier alpha value is -2.22. The maximum atomic E-state index is 12.7. The van der Waals surface area contributed by atoms with Gasteiger partial charge in [-0.15, -0.1) is 11.3 Å². The first kappa shape index (κ1) is 22.5. The van der Waals surface area contributed by atoms with E-state index in [4.69, 9.17) is 4.74 Å². The van der Waals surface area contributed by atoms with Gasteiger partial charge in [0.2, 0.25) is 0 Å². The Morgan fingerprint density at radius 1 is 1.07 bits per heavy atom. The Labute approximate surface area is 182 Å². The van der Waals surface area contributed by atoms with Crippen LogP contribution in [0.3, 0.4) is 0 Å². The van der Waals surface area contributed by atoms with Gasteiger partial charge in [0.25, 0.3) is 11.8 Å². The molecule has 1 aromatic heterocycles. The van der Waals surface area contributed by atoms with Crippen molar-refractivity contribution in [2.24, 2.45) is 0 Å². The van der Waals surface area contributed by atoms with Gasteiger partial charge in [0.1, 0.15) is 5.00 Å². The quantitative estimate of drug-likeness (QED) is 0.666. The van der Waals surface area contributed by atoms with Crippen LogP contribution in [0.5, 0.6) is 0 Å². The van der Waals surface area contributed by atoms with Crippen molar-refractivity contribution in [1.82, 2.24) is 10.2 Å². The lowest BCUT2D eigenvalue weighted by molar-refractivity contribution is 0.0363. The molecule has 1 aliphatic heterocycles. The highest BCUT2D eigenvalue weighted by atomic mass is 32.1. The molecule has 30 heavy (non-hydrogen) atoms. The van der Waals surface area contributed by atoms with Crippen molar-refractivity contribution in [2.45, 2.75) is 39.2 Å². The van der Waals surface area contributed by atoms with Crippen LogP contribution in [-0.2, 0) is 4.74 Å². The second kappa shape index (κ2) is 10.7. The maximum absolute atomic E-state index is 12.7. The number of thiophene rings is 1. The zero-order chi connectivity index (χ0) is 21.5. The fraction of sp³-hybridized carbons (Fsp3) is 0.478. The standard InChI is InChI=1S/C23H31N3O3S/c1-16(2)18-4-6-19(7-5-18)21(27)25-23-20(9-15-30-23)22(28)24-17(3)8-10-26-11-13-29-14-12-26/h4-7,9,15-17H,8,10-14H2,1-3H3,(H,24,28)(H,25,27). The minimum absolute atomic E-state index is 0.0485. The van der Waals surface area contributed by atoms with Gasteiger partial charge in [0, 0.05) is 31.2 Å². The molecule has 2 aromatic rings. The smallest absolute Gasteiger partial charge is 0.256 e. The lowest BCUT2D eigenvalue weighted by atomic mass is 10.0. The van der Waals surface area contributed by atoms with E-state index in [-0.39, 0.29) is 17.9 Å². The molecular formula is C23H31N3O3S. The van der Waals surface area contributed by atoms with Gasteiger partial charge >= 0.3 is 0 Å². The number of hydrogen-bond donors (Lipinski definition) is 2. The third-order valence-electron chi connectivity index (χ3n) is 5.34. The average molecular weight is 430 g/mol. The monoisotopic (exact) mass is 429 g/mol. The second-order valence-electron chi connectivity index (χ2n) is 8.01. The van der Waals surface area contributed by atoms with Gasteiger partial charge < -0.3 is 15.4 Å². The first-order chi connectivity index (χ1) is 14.4. The summed E-state index contributed by atoms with van der Waals surface area (Å²) in [6, 6.07) is 9.39. The van der Waals surface area contributed by atoms with E-state index < -0.39 is 0 Å². The molecule has 1 aliphatic rings. The normalized spacial score (nSPS) is 15.7. The van der Waals surface area contributed by atoms with Crippen molar-refractivity contribution < 1.29 is 14.3 Å². The summed E-state index contributed by atoms with van der Waals surface area (Å²) in [6.45, 7) is 10.6. The highest BCUT2D eigenvalue weighted by Crippen LogP contribution is 2.24. The zero-order valence-electron chi connectivity index (χ0n) is 17.9. The first-order valence-electron chi connectivity index (χ1n) is 10.5. The maximum Gasteiger partial charge on any atom is 0.256 e. The predicted molar refractivity (Wildman–Crippen MR) is 122 cm³/mol. The number of anilines is 1. The first-order valence-corrected chi connectivity index (χ1v) is 11.4. The van der Waals surface area contributed by atoms with Crippen LogP contribution in [0.1, 0.15) is 59.4 Å². The molecule has 1 atom stereocenters. The summed E-state index contributed by atoms with van der Waals surface area (Å²) in [5.74, 6) is 0.0540. The lowest BCUT2D eigenvalue weighted by Gasteiger charge is -2.27. The molecular weight excluding hydrogens is 398 g/mol. The number of carbonyl (C=O) groups is 2. The highest BCUT2D eigenvalue weighted by molar-refractivity contribution is 7.14. The van der Waals surface area contributed by atoms with E-state index >= 15 is 0 Å². The molecule has 0 saturated carbocycles. The number of rotatable bonds is 8. The van der Waals surface area contributed by atoms with Crippen molar-refractivity contribution in [2.75, 3.05) is 38.2 Å². The Morgan fingerprint density at radius 3 is 2.43 bits per heavy atom. The molecule has 2 amide bonds. The molecule has 2 N–H and O–H groups in total. The van der Waals surface area contributed by atoms with Crippen molar-refractivity contribution in [3.63, 3.8) is 0 Å². The van der Waals surface area contributed by atoms with E-state index in [0.29, 0.717) is 22.0 Å². The van der Waals surface area contributed by atoms with Gasteiger partial charge in [-0.25, -0.2) is 0 Å². The molecule has 1 fully saturated rings. The average Bonchev–Trinajstić information content (AvgIpc) is 3.21. The van der Waals surface area contributed by atoms with Crippen molar-refractivity contribution in [3.05, 3.63) is 52.4 Å². The summed E-state index contributed by atoms with van der Waals surface area (Å²) in [4.78, 5) is 27.7. The number of hydrogen-bond acceptors (Lipinski definition) is 5. The van der Waals surface area contributed by atoms with Gasteiger partial charge in [-0.1, -0.05) is 26.0 Å². The third kappa shape index (κ3) is 6.14. The number of carbonyl (C=O) groups excluding carboxylic acids is 2. The topological polar surface area (TPSA) is 70.7 Å². The van der Waals surface area contributed by atoms with Crippen LogP contribution in [0.15, 0.2) is 35.7 Å².